The van der Waals surface area contributed by atoms with Crippen LogP contribution in [0.2, 0.25) is 0 Å². The third-order valence-corrected chi connectivity index (χ3v) is 3.37. The minimum atomic E-state index is -4.65. The number of carbonyl (C=O) groups excluding carboxylic acids is 1. The summed E-state index contributed by atoms with van der Waals surface area (Å²) < 4.78 is 52.1. The van der Waals surface area contributed by atoms with E-state index in [0.717, 1.165) is 12.1 Å². The third-order valence-electron chi connectivity index (χ3n) is 3.37. The minimum absolute atomic E-state index is 0. The Morgan fingerprint density at radius 1 is 1.15 bits per heavy atom. The molecule has 0 saturated carbocycles. The summed E-state index contributed by atoms with van der Waals surface area (Å²) >= 11 is 0. The molecule has 0 saturated heterocycles. The summed E-state index contributed by atoms with van der Waals surface area (Å²) in [7, 11) is 0. The molecule has 0 fully saturated rings. The second kappa shape index (κ2) is 12.0. The molecule has 0 aliphatic carbocycles. The van der Waals surface area contributed by atoms with Crippen molar-refractivity contribution in [2.24, 2.45) is 10.9 Å². The molecule has 154 valence electrons. The number of amides is 1. The Morgan fingerprint density at radius 3 is 2.33 bits per heavy atom. The summed E-state index contributed by atoms with van der Waals surface area (Å²) in [5, 5.41) is 8.54. The second-order valence-electron chi connectivity index (χ2n) is 5.87. The Kier molecular flexibility index (Phi) is 11.3. The van der Waals surface area contributed by atoms with Crippen molar-refractivity contribution in [1.82, 2.24) is 16.0 Å². The summed E-state index contributed by atoms with van der Waals surface area (Å²) in [6, 6.07) is 2.52. The van der Waals surface area contributed by atoms with E-state index in [-0.39, 0.29) is 47.9 Å². The molecule has 1 aromatic rings. The Hall–Kier alpha value is -1.59. The lowest BCUT2D eigenvalue weighted by molar-refractivity contribution is -0.138. The van der Waals surface area contributed by atoms with E-state index < -0.39 is 17.6 Å². The number of nitrogens with one attached hydrogen (secondary N) is 3. The van der Waals surface area contributed by atoms with Gasteiger partial charge in [-0.05, 0) is 24.6 Å². The molecule has 0 atom stereocenters. The Bertz CT molecular complexity index is 636. The van der Waals surface area contributed by atoms with Crippen molar-refractivity contribution in [3.8, 4) is 0 Å². The second-order valence-corrected chi connectivity index (χ2v) is 5.87. The number of aliphatic imine (C=N–C) groups is 1. The number of hydrogen-bond acceptors (Lipinski definition) is 2. The lowest BCUT2D eigenvalue weighted by Crippen LogP contribution is -2.42. The molecule has 0 aliphatic rings. The van der Waals surface area contributed by atoms with Gasteiger partial charge in [0.1, 0.15) is 5.82 Å². The Labute approximate surface area is 173 Å². The maximum atomic E-state index is 13.1. The van der Waals surface area contributed by atoms with E-state index in [9.17, 15) is 22.4 Å². The summed E-state index contributed by atoms with van der Waals surface area (Å²) in [6.45, 7) is 6.33. The lowest BCUT2D eigenvalue weighted by atomic mass is 10.1. The van der Waals surface area contributed by atoms with E-state index in [1.165, 1.54) is 0 Å². The maximum Gasteiger partial charge on any atom is 0.416 e. The number of benzene rings is 1. The smallest absolute Gasteiger partial charge is 0.357 e. The van der Waals surface area contributed by atoms with E-state index in [4.69, 9.17) is 0 Å². The van der Waals surface area contributed by atoms with Gasteiger partial charge in [-0.15, -0.1) is 24.0 Å². The number of hydrogen-bond donors (Lipinski definition) is 3. The first-order chi connectivity index (χ1) is 12.1. The monoisotopic (exact) mass is 504 g/mol. The Balaban J connectivity index is 0.00000676. The number of carbonyl (C=O) groups is 1. The molecule has 0 aliphatic heterocycles. The highest BCUT2D eigenvalue weighted by Gasteiger charge is 2.33. The highest BCUT2D eigenvalue weighted by molar-refractivity contribution is 14.0. The fraction of sp³-hybridized carbons (Fsp3) is 0.529. The largest absolute Gasteiger partial charge is 0.416 e. The molecule has 0 heterocycles. The molecule has 5 nitrogen and oxygen atoms in total. The molecule has 0 unspecified atom stereocenters. The van der Waals surface area contributed by atoms with Crippen LogP contribution in [-0.4, -0.2) is 31.5 Å². The van der Waals surface area contributed by atoms with E-state index in [0.29, 0.717) is 31.7 Å². The first kappa shape index (κ1) is 25.4. The van der Waals surface area contributed by atoms with Gasteiger partial charge in [-0.3, -0.25) is 4.79 Å². The van der Waals surface area contributed by atoms with Crippen LogP contribution in [-0.2, 0) is 17.5 Å². The van der Waals surface area contributed by atoms with Gasteiger partial charge in [-0.1, -0.05) is 19.9 Å². The first-order valence-electron chi connectivity index (χ1n) is 8.30. The SMILES string of the molecule is CCNC(=NCc1ccc(F)cc1C(F)(F)F)NCCNC(=O)C(C)C.I. The van der Waals surface area contributed by atoms with Gasteiger partial charge in [-0.2, -0.15) is 13.2 Å². The summed E-state index contributed by atoms with van der Waals surface area (Å²) in [6.07, 6.45) is -4.65. The maximum absolute atomic E-state index is 13.1. The van der Waals surface area contributed by atoms with Crippen molar-refractivity contribution in [1.29, 1.82) is 0 Å². The van der Waals surface area contributed by atoms with Gasteiger partial charge < -0.3 is 16.0 Å². The van der Waals surface area contributed by atoms with E-state index in [1.54, 1.807) is 13.8 Å². The van der Waals surface area contributed by atoms with Gasteiger partial charge in [0, 0.05) is 25.6 Å². The topological polar surface area (TPSA) is 65.5 Å². The molecule has 1 amide bonds. The van der Waals surface area contributed by atoms with Crippen LogP contribution in [0, 0.1) is 11.7 Å². The van der Waals surface area contributed by atoms with Crippen LogP contribution in [0.4, 0.5) is 17.6 Å². The van der Waals surface area contributed by atoms with Gasteiger partial charge >= 0.3 is 6.18 Å². The van der Waals surface area contributed by atoms with E-state index >= 15 is 0 Å². The van der Waals surface area contributed by atoms with Gasteiger partial charge in [-0.25, -0.2) is 9.38 Å². The first-order valence-corrected chi connectivity index (χ1v) is 8.30. The average molecular weight is 504 g/mol. The highest BCUT2D eigenvalue weighted by Crippen LogP contribution is 2.32. The highest BCUT2D eigenvalue weighted by atomic mass is 127. The fourth-order valence-electron chi connectivity index (χ4n) is 2.03. The standard InChI is InChI=1S/C17H24F4N4O.HI/c1-4-22-16(24-8-7-23-15(26)11(2)3)25-10-12-5-6-13(18)9-14(12)17(19,20)21;/h5-6,9,11H,4,7-8,10H2,1-3H3,(H,23,26)(H2,22,24,25);1H. The number of alkyl halides is 3. The third kappa shape index (κ3) is 9.25. The zero-order chi connectivity index (χ0) is 19.7. The Morgan fingerprint density at radius 2 is 1.78 bits per heavy atom. The number of halogens is 5. The van der Waals surface area contributed by atoms with Gasteiger partial charge in [0.2, 0.25) is 5.91 Å². The van der Waals surface area contributed by atoms with Crippen molar-refractivity contribution in [3.05, 3.63) is 35.1 Å². The van der Waals surface area contributed by atoms with Gasteiger partial charge in [0.15, 0.2) is 5.96 Å². The van der Waals surface area contributed by atoms with Crippen LogP contribution < -0.4 is 16.0 Å². The predicted molar refractivity (Wildman–Crippen MR) is 107 cm³/mol. The van der Waals surface area contributed by atoms with Crippen molar-refractivity contribution in [3.63, 3.8) is 0 Å². The molecule has 1 aromatic carbocycles. The van der Waals surface area contributed by atoms with E-state index in [2.05, 4.69) is 20.9 Å². The van der Waals surface area contributed by atoms with Crippen LogP contribution in [0.3, 0.4) is 0 Å². The molecule has 0 aromatic heterocycles. The van der Waals surface area contributed by atoms with Crippen molar-refractivity contribution < 1.29 is 22.4 Å². The number of guanidine groups is 1. The van der Waals surface area contributed by atoms with Gasteiger partial charge in [0.25, 0.3) is 0 Å². The quantitative estimate of drug-likeness (QED) is 0.176. The number of nitrogens with zero attached hydrogens (tertiary/aromatic N) is 1. The molecular weight excluding hydrogens is 479 g/mol. The average Bonchev–Trinajstić information content (AvgIpc) is 2.55. The molecule has 10 heteroatoms. The van der Waals surface area contributed by atoms with Crippen LogP contribution in [0.5, 0.6) is 0 Å². The van der Waals surface area contributed by atoms with Crippen LogP contribution in [0.15, 0.2) is 23.2 Å². The van der Waals surface area contributed by atoms with Gasteiger partial charge in [0.05, 0.1) is 12.1 Å². The van der Waals surface area contributed by atoms with Crippen molar-refractivity contribution >= 4 is 35.8 Å². The van der Waals surface area contributed by atoms with Crippen LogP contribution in [0.25, 0.3) is 0 Å². The molecule has 27 heavy (non-hydrogen) atoms. The van der Waals surface area contributed by atoms with Crippen LogP contribution >= 0.6 is 24.0 Å². The molecule has 0 spiro atoms. The number of rotatable bonds is 7. The van der Waals surface area contributed by atoms with Crippen molar-refractivity contribution in [2.75, 3.05) is 19.6 Å². The molecule has 1 rings (SSSR count). The zero-order valence-electron chi connectivity index (χ0n) is 15.4. The predicted octanol–water partition coefficient (Wildman–Crippen LogP) is 3.29. The summed E-state index contributed by atoms with van der Waals surface area (Å²) in [5.41, 5.74) is -1.16. The summed E-state index contributed by atoms with van der Waals surface area (Å²) in [5.74, 6) is -0.856. The minimum Gasteiger partial charge on any atom is -0.357 e. The molecule has 3 N–H and O–H groups in total. The lowest BCUT2D eigenvalue weighted by Gasteiger charge is -2.14. The molecule has 0 bridgehead atoms. The molecular formula is C17H25F4IN4O. The summed E-state index contributed by atoms with van der Waals surface area (Å²) in [4.78, 5) is 15.6. The fourth-order valence-corrected chi connectivity index (χ4v) is 2.03. The normalized spacial score (nSPS) is 11.8. The van der Waals surface area contributed by atoms with Crippen molar-refractivity contribution in [2.45, 2.75) is 33.5 Å². The zero-order valence-corrected chi connectivity index (χ0v) is 17.7. The molecule has 0 radical (unpaired) electrons. The van der Waals surface area contributed by atoms with E-state index in [1.807, 2.05) is 6.92 Å². The van der Waals surface area contributed by atoms with Crippen LogP contribution in [0.1, 0.15) is 31.9 Å².